The lowest BCUT2D eigenvalue weighted by Gasteiger charge is -1.89. The number of hydrogen-bond acceptors (Lipinski definition) is 6. The van der Waals surface area contributed by atoms with Gasteiger partial charge in [-0.3, -0.25) is 0 Å². The van der Waals surface area contributed by atoms with Gasteiger partial charge in [-0.15, -0.1) is 0 Å². The summed E-state index contributed by atoms with van der Waals surface area (Å²) in [6.07, 6.45) is 0. The minimum Gasteiger partial charge on any atom is -0.399 e. The van der Waals surface area contributed by atoms with Crippen LogP contribution in [0.1, 0.15) is 0 Å². The van der Waals surface area contributed by atoms with Crippen LogP contribution in [-0.2, 0) is 0 Å². The summed E-state index contributed by atoms with van der Waals surface area (Å²) < 4.78 is 4.51. The molecule has 0 bridgehead atoms. The molecule has 7 nitrogen and oxygen atoms in total. The van der Waals surface area contributed by atoms with Gasteiger partial charge in [0, 0.05) is 5.69 Å². The van der Waals surface area contributed by atoms with Gasteiger partial charge in [0.25, 0.3) is 0 Å². The van der Waals surface area contributed by atoms with Crippen molar-refractivity contribution in [1.29, 1.82) is 0 Å². The molecule has 0 fully saturated rings. The first kappa shape index (κ1) is 8.72. The number of nitrogens with zero attached hydrogens (tertiary/aromatic N) is 3. The summed E-state index contributed by atoms with van der Waals surface area (Å²) in [5, 5.41) is 7.16. The SMILES string of the molecule is Nc1ccc2nc(-c3nonc3N)[nH]c2c1. The summed E-state index contributed by atoms with van der Waals surface area (Å²) >= 11 is 0. The Hall–Kier alpha value is -2.57. The van der Waals surface area contributed by atoms with Gasteiger partial charge in [-0.2, -0.15) is 0 Å². The van der Waals surface area contributed by atoms with E-state index < -0.39 is 0 Å². The number of hydrogen-bond donors (Lipinski definition) is 3. The molecule has 1 aromatic carbocycles. The number of benzene rings is 1. The van der Waals surface area contributed by atoms with Crippen molar-refractivity contribution in [1.82, 2.24) is 20.3 Å². The molecule has 0 unspecified atom stereocenters. The molecule has 80 valence electrons. The van der Waals surface area contributed by atoms with Crippen molar-refractivity contribution < 1.29 is 4.63 Å². The van der Waals surface area contributed by atoms with Crippen LogP contribution in [0.25, 0.3) is 22.6 Å². The molecular weight excluding hydrogens is 208 g/mol. The summed E-state index contributed by atoms with van der Waals surface area (Å²) in [7, 11) is 0. The number of fused-ring (bicyclic) bond motifs is 1. The Morgan fingerprint density at radius 2 is 2.06 bits per heavy atom. The summed E-state index contributed by atoms with van der Waals surface area (Å²) in [6.45, 7) is 0. The highest BCUT2D eigenvalue weighted by atomic mass is 16.6. The molecule has 0 aliphatic carbocycles. The van der Waals surface area contributed by atoms with Crippen molar-refractivity contribution >= 4 is 22.5 Å². The zero-order valence-electron chi connectivity index (χ0n) is 8.14. The Morgan fingerprint density at radius 1 is 1.19 bits per heavy atom. The lowest BCUT2D eigenvalue weighted by atomic mass is 10.3. The third-order valence-corrected chi connectivity index (χ3v) is 2.24. The lowest BCUT2D eigenvalue weighted by Crippen LogP contribution is -1.89. The van der Waals surface area contributed by atoms with Crippen molar-refractivity contribution in [3.05, 3.63) is 18.2 Å². The van der Waals surface area contributed by atoms with Gasteiger partial charge in [-0.05, 0) is 28.5 Å². The van der Waals surface area contributed by atoms with Crippen LogP contribution in [-0.4, -0.2) is 20.3 Å². The predicted molar refractivity (Wildman–Crippen MR) is 58.2 cm³/mol. The lowest BCUT2D eigenvalue weighted by molar-refractivity contribution is 0.310. The van der Waals surface area contributed by atoms with E-state index in [0.29, 0.717) is 17.2 Å². The van der Waals surface area contributed by atoms with Crippen LogP contribution < -0.4 is 11.5 Å². The minimum absolute atomic E-state index is 0.201. The third kappa shape index (κ3) is 1.18. The first-order valence-corrected chi connectivity index (χ1v) is 4.57. The topological polar surface area (TPSA) is 120 Å². The number of nitrogen functional groups attached to an aromatic ring is 2. The summed E-state index contributed by atoms with van der Waals surface area (Å²) in [4.78, 5) is 7.35. The highest BCUT2D eigenvalue weighted by Gasteiger charge is 2.13. The largest absolute Gasteiger partial charge is 0.399 e. The van der Waals surface area contributed by atoms with E-state index in [1.807, 2.05) is 6.07 Å². The Kier molecular flexibility index (Phi) is 1.61. The zero-order valence-corrected chi connectivity index (χ0v) is 8.14. The number of rotatable bonds is 1. The first-order chi connectivity index (χ1) is 7.74. The van der Waals surface area contributed by atoms with Gasteiger partial charge >= 0.3 is 0 Å². The standard InChI is InChI=1S/C9H8N6O/c10-4-1-2-5-6(3-4)13-9(12-5)7-8(11)15-16-14-7/h1-3H,10H2,(H2,11,15)(H,12,13). The molecular formula is C9H8N6O. The number of aromatic nitrogens is 4. The Morgan fingerprint density at radius 3 is 2.81 bits per heavy atom. The summed E-state index contributed by atoms with van der Waals surface area (Å²) in [6, 6.07) is 5.38. The first-order valence-electron chi connectivity index (χ1n) is 4.57. The minimum atomic E-state index is 0.201. The molecule has 0 aliphatic rings. The van der Waals surface area contributed by atoms with Crippen molar-refractivity contribution in [2.24, 2.45) is 0 Å². The van der Waals surface area contributed by atoms with Gasteiger partial charge in [0.05, 0.1) is 11.0 Å². The molecule has 0 atom stereocenters. The maximum absolute atomic E-state index is 5.66. The fraction of sp³-hybridized carbons (Fsp3) is 0. The smallest absolute Gasteiger partial charge is 0.199 e. The average molecular weight is 216 g/mol. The molecule has 2 heterocycles. The predicted octanol–water partition coefficient (Wildman–Crippen LogP) is 0.777. The van der Waals surface area contributed by atoms with Crippen LogP contribution in [0.3, 0.4) is 0 Å². The monoisotopic (exact) mass is 216 g/mol. The van der Waals surface area contributed by atoms with Crippen molar-refractivity contribution in [2.75, 3.05) is 11.5 Å². The normalized spacial score (nSPS) is 11.0. The highest BCUT2D eigenvalue weighted by Crippen LogP contribution is 2.23. The average Bonchev–Trinajstić information content (AvgIpc) is 2.82. The van der Waals surface area contributed by atoms with E-state index in [1.54, 1.807) is 12.1 Å². The second-order valence-electron chi connectivity index (χ2n) is 3.36. The van der Waals surface area contributed by atoms with E-state index in [1.165, 1.54) is 0 Å². The second-order valence-corrected chi connectivity index (χ2v) is 3.36. The van der Waals surface area contributed by atoms with Crippen molar-refractivity contribution in [3.63, 3.8) is 0 Å². The van der Waals surface area contributed by atoms with Gasteiger partial charge in [0.15, 0.2) is 17.3 Å². The van der Waals surface area contributed by atoms with Gasteiger partial charge in [-0.25, -0.2) is 9.61 Å². The number of nitrogens with one attached hydrogen (secondary N) is 1. The van der Waals surface area contributed by atoms with Gasteiger partial charge in [-0.1, -0.05) is 0 Å². The Balaban J connectivity index is 2.23. The number of nitrogens with two attached hydrogens (primary N) is 2. The van der Waals surface area contributed by atoms with Gasteiger partial charge < -0.3 is 16.5 Å². The van der Waals surface area contributed by atoms with Crippen LogP contribution in [0.15, 0.2) is 22.8 Å². The Bertz CT molecular complexity index is 655. The van der Waals surface area contributed by atoms with E-state index in [-0.39, 0.29) is 5.82 Å². The summed E-state index contributed by atoms with van der Waals surface area (Å²) in [5.41, 5.74) is 13.9. The van der Waals surface area contributed by atoms with Crippen LogP contribution in [0, 0.1) is 0 Å². The van der Waals surface area contributed by atoms with Crippen molar-refractivity contribution in [2.45, 2.75) is 0 Å². The summed E-state index contributed by atoms with van der Waals surface area (Å²) in [5.74, 6) is 0.714. The van der Waals surface area contributed by atoms with Gasteiger partial charge in [0.1, 0.15) is 0 Å². The Labute approximate surface area is 89.4 Å². The molecule has 0 aliphatic heterocycles. The maximum atomic E-state index is 5.66. The van der Waals surface area contributed by atoms with Crippen molar-refractivity contribution in [3.8, 4) is 11.5 Å². The molecule has 0 spiro atoms. The number of anilines is 2. The molecule has 3 rings (SSSR count). The zero-order chi connectivity index (χ0) is 11.1. The molecule has 16 heavy (non-hydrogen) atoms. The molecule has 3 aromatic rings. The number of aromatic amines is 1. The van der Waals surface area contributed by atoms with E-state index >= 15 is 0 Å². The highest BCUT2D eigenvalue weighted by molar-refractivity contribution is 5.82. The molecule has 2 aromatic heterocycles. The molecule has 0 saturated carbocycles. The molecule has 0 radical (unpaired) electrons. The van der Waals surface area contributed by atoms with E-state index in [2.05, 4.69) is 24.9 Å². The quantitative estimate of drug-likeness (QED) is 0.517. The molecule has 5 N–H and O–H groups in total. The fourth-order valence-corrected chi connectivity index (χ4v) is 1.50. The third-order valence-electron chi connectivity index (χ3n) is 2.24. The fourth-order valence-electron chi connectivity index (χ4n) is 1.50. The second kappa shape index (κ2) is 2.96. The maximum Gasteiger partial charge on any atom is 0.199 e. The molecule has 0 saturated heterocycles. The van der Waals surface area contributed by atoms with Crippen LogP contribution in [0.4, 0.5) is 11.5 Å². The molecule has 7 heteroatoms. The molecule has 0 amide bonds. The van der Waals surface area contributed by atoms with Crippen LogP contribution in [0.2, 0.25) is 0 Å². The van der Waals surface area contributed by atoms with Crippen LogP contribution in [0.5, 0.6) is 0 Å². The van der Waals surface area contributed by atoms with Gasteiger partial charge in [0.2, 0.25) is 0 Å². The number of H-pyrrole nitrogens is 1. The van der Waals surface area contributed by atoms with E-state index in [0.717, 1.165) is 11.0 Å². The van der Waals surface area contributed by atoms with Crippen LogP contribution >= 0.6 is 0 Å². The van der Waals surface area contributed by atoms with E-state index in [9.17, 15) is 0 Å². The number of imidazole rings is 1. The van der Waals surface area contributed by atoms with E-state index in [4.69, 9.17) is 11.5 Å².